The van der Waals surface area contributed by atoms with E-state index >= 15 is 0 Å². The molecule has 2 amide bonds. The molecule has 0 aliphatic carbocycles. The number of urea groups is 1. The Bertz CT molecular complexity index is 674. The van der Waals surface area contributed by atoms with Gasteiger partial charge in [-0.3, -0.25) is 5.10 Å². The second-order valence-electron chi connectivity index (χ2n) is 4.91. The predicted octanol–water partition coefficient (Wildman–Crippen LogP) is 3.95. The van der Waals surface area contributed by atoms with E-state index in [9.17, 15) is 13.6 Å². The maximum absolute atomic E-state index is 13.9. The van der Waals surface area contributed by atoms with Gasteiger partial charge >= 0.3 is 6.03 Å². The van der Waals surface area contributed by atoms with Gasteiger partial charge in [-0.05, 0) is 32.9 Å². The third-order valence-corrected chi connectivity index (χ3v) is 3.65. The van der Waals surface area contributed by atoms with E-state index in [0.717, 1.165) is 12.1 Å². The predicted molar refractivity (Wildman–Crippen MR) is 82.7 cm³/mol. The van der Waals surface area contributed by atoms with E-state index < -0.39 is 23.7 Å². The van der Waals surface area contributed by atoms with E-state index in [-0.39, 0.29) is 5.56 Å². The van der Waals surface area contributed by atoms with Crippen molar-refractivity contribution < 1.29 is 13.6 Å². The number of aromatic amines is 1. The molecule has 0 aliphatic rings. The molecule has 0 aliphatic heterocycles. The second kappa shape index (κ2) is 6.43. The standard InChI is InChI=1S/C14H15BrF2N4O/c1-6(12-10(16)4-9(15)5-11(12)17)18-14(22)19-13-7(2)20-21-8(13)3/h4-6H,1-3H3,(H,20,21)(H2,18,19,22)/t6-/m1/s1. The fourth-order valence-corrected chi connectivity index (χ4v) is 2.52. The van der Waals surface area contributed by atoms with Gasteiger partial charge in [-0.25, -0.2) is 13.6 Å². The van der Waals surface area contributed by atoms with Gasteiger partial charge < -0.3 is 10.6 Å². The van der Waals surface area contributed by atoms with Crippen LogP contribution < -0.4 is 10.6 Å². The zero-order chi connectivity index (χ0) is 16.4. The molecule has 2 aromatic rings. The Hall–Kier alpha value is -1.96. The van der Waals surface area contributed by atoms with Gasteiger partial charge in [-0.15, -0.1) is 0 Å². The van der Waals surface area contributed by atoms with Crippen LogP contribution in [0, 0.1) is 25.5 Å². The summed E-state index contributed by atoms with van der Waals surface area (Å²) in [4.78, 5) is 12.0. The number of benzene rings is 1. The number of carbonyl (C=O) groups is 1. The molecular formula is C14H15BrF2N4O. The number of anilines is 1. The number of aromatic nitrogens is 2. The highest BCUT2D eigenvalue weighted by atomic mass is 79.9. The van der Waals surface area contributed by atoms with E-state index in [0.29, 0.717) is 21.5 Å². The molecule has 2 rings (SSSR count). The topological polar surface area (TPSA) is 69.8 Å². The highest BCUT2D eigenvalue weighted by Crippen LogP contribution is 2.25. The maximum Gasteiger partial charge on any atom is 0.319 e. The van der Waals surface area contributed by atoms with Crippen LogP contribution >= 0.6 is 15.9 Å². The minimum absolute atomic E-state index is 0.195. The van der Waals surface area contributed by atoms with E-state index in [2.05, 4.69) is 36.8 Å². The van der Waals surface area contributed by atoms with Crippen LogP contribution in [0.1, 0.15) is 29.9 Å². The lowest BCUT2D eigenvalue weighted by Crippen LogP contribution is -2.32. The Balaban J connectivity index is 2.12. The number of amides is 2. The van der Waals surface area contributed by atoms with Crippen LogP contribution in [0.15, 0.2) is 16.6 Å². The molecule has 0 spiro atoms. The van der Waals surface area contributed by atoms with Crippen LogP contribution in [0.5, 0.6) is 0 Å². The Morgan fingerprint density at radius 2 is 1.91 bits per heavy atom. The Morgan fingerprint density at radius 3 is 2.41 bits per heavy atom. The van der Waals surface area contributed by atoms with Gasteiger partial charge in [-0.1, -0.05) is 15.9 Å². The zero-order valence-corrected chi connectivity index (χ0v) is 13.8. The van der Waals surface area contributed by atoms with Crippen molar-refractivity contribution in [1.29, 1.82) is 0 Å². The van der Waals surface area contributed by atoms with Gasteiger partial charge in [0.05, 0.1) is 23.1 Å². The van der Waals surface area contributed by atoms with E-state index in [1.165, 1.54) is 6.92 Å². The van der Waals surface area contributed by atoms with Crippen LogP contribution in [-0.2, 0) is 0 Å². The van der Waals surface area contributed by atoms with Crippen molar-refractivity contribution in [2.75, 3.05) is 5.32 Å². The first kappa shape index (κ1) is 16.4. The average molecular weight is 373 g/mol. The molecule has 0 radical (unpaired) electrons. The SMILES string of the molecule is Cc1n[nH]c(C)c1NC(=O)N[C@H](C)c1c(F)cc(Br)cc1F. The molecule has 3 N–H and O–H groups in total. The molecule has 1 aromatic carbocycles. The molecule has 5 nitrogen and oxygen atoms in total. The first-order valence-electron chi connectivity index (χ1n) is 6.53. The van der Waals surface area contributed by atoms with Crippen molar-refractivity contribution in [1.82, 2.24) is 15.5 Å². The van der Waals surface area contributed by atoms with Gasteiger partial charge in [-0.2, -0.15) is 5.10 Å². The minimum atomic E-state index is -0.833. The van der Waals surface area contributed by atoms with Gasteiger partial charge in [0.1, 0.15) is 11.6 Å². The normalized spacial score (nSPS) is 12.1. The number of rotatable bonds is 3. The van der Waals surface area contributed by atoms with Gasteiger partial charge in [0, 0.05) is 10.0 Å². The smallest absolute Gasteiger partial charge is 0.319 e. The molecule has 1 heterocycles. The van der Waals surface area contributed by atoms with E-state index in [1.807, 2.05) is 0 Å². The summed E-state index contributed by atoms with van der Waals surface area (Å²) in [5, 5.41) is 11.8. The van der Waals surface area contributed by atoms with Crippen LogP contribution in [0.3, 0.4) is 0 Å². The molecule has 22 heavy (non-hydrogen) atoms. The van der Waals surface area contributed by atoms with Crippen molar-refractivity contribution in [2.45, 2.75) is 26.8 Å². The van der Waals surface area contributed by atoms with Crippen molar-refractivity contribution in [3.8, 4) is 0 Å². The summed E-state index contributed by atoms with van der Waals surface area (Å²) in [5.74, 6) is -1.45. The zero-order valence-electron chi connectivity index (χ0n) is 12.2. The second-order valence-corrected chi connectivity index (χ2v) is 5.83. The molecule has 8 heteroatoms. The number of hydrogen-bond donors (Lipinski definition) is 3. The van der Waals surface area contributed by atoms with Crippen LogP contribution in [0.25, 0.3) is 0 Å². The van der Waals surface area contributed by atoms with Crippen LogP contribution in [-0.4, -0.2) is 16.2 Å². The fraction of sp³-hybridized carbons (Fsp3) is 0.286. The molecule has 0 unspecified atom stereocenters. The third kappa shape index (κ3) is 3.44. The number of nitrogens with zero attached hydrogens (tertiary/aromatic N) is 1. The molecule has 118 valence electrons. The van der Waals surface area contributed by atoms with E-state index in [4.69, 9.17) is 0 Å². The van der Waals surface area contributed by atoms with Crippen molar-refractivity contribution in [2.24, 2.45) is 0 Å². The Morgan fingerprint density at radius 1 is 1.32 bits per heavy atom. The number of hydrogen-bond acceptors (Lipinski definition) is 2. The first-order chi connectivity index (χ1) is 10.3. The van der Waals surface area contributed by atoms with Gasteiger partial charge in [0.25, 0.3) is 0 Å². The molecular weight excluding hydrogens is 358 g/mol. The molecule has 0 saturated carbocycles. The number of halogens is 3. The largest absolute Gasteiger partial charge is 0.331 e. The molecule has 0 fully saturated rings. The van der Waals surface area contributed by atoms with Crippen molar-refractivity contribution in [3.05, 3.63) is 45.2 Å². The monoisotopic (exact) mass is 372 g/mol. The number of aryl methyl sites for hydroxylation is 2. The van der Waals surface area contributed by atoms with Crippen molar-refractivity contribution >= 4 is 27.6 Å². The fourth-order valence-electron chi connectivity index (χ4n) is 2.12. The summed E-state index contributed by atoms with van der Waals surface area (Å²) in [6, 6.07) is 0.903. The van der Waals surface area contributed by atoms with Crippen molar-refractivity contribution in [3.63, 3.8) is 0 Å². The Kier molecular flexibility index (Phi) is 4.80. The summed E-state index contributed by atoms with van der Waals surface area (Å²) in [5.41, 5.74) is 1.67. The minimum Gasteiger partial charge on any atom is -0.331 e. The molecule has 0 bridgehead atoms. The summed E-state index contributed by atoms with van der Waals surface area (Å²) in [6.07, 6.45) is 0. The number of nitrogens with one attached hydrogen (secondary N) is 3. The number of H-pyrrole nitrogens is 1. The lowest BCUT2D eigenvalue weighted by atomic mass is 10.1. The quantitative estimate of drug-likeness (QED) is 0.763. The lowest BCUT2D eigenvalue weighted by Gasteiger charge is -2.17. The summed E-state index contributed by atoms with van der Waals surface area (Å²) in [7, 11) is 0. The van der Waals surface area contributed by atoms with E-state index in [1.54, 1.807) is 13.8 Å². The summed E-state index contributed by atoms with van der Waals surface area (Å²) >= 11 is 3.01. The molecule has 1 atom stereocenters. The highest BCUT2D eigenvalue weighted by molar-refractivity contribution is 9.10. The first-order valence-corrected chi connectivity index (χ1v) is 7.32. The van der Waals surface area contributed by atoms with Gasteiger partial charge in [0.15, 0.2) is 0 Å². The molecule has 1 aromatic heterocycles. The molecule has 0 saturated heterocycles. The Labute approximate surface area is 134 Å². The van der Waals surface area contributed by atoms with Crippen LogP contribution in [0.2, 0.25) is 0 Å². The number of carbonyl (C=O) groups excluding carboxylic acids is 1. The maximum atomic E-state index is 13.9. The lowest BCUT2D eigenvalue weighted by molar-refractivity contribution is 0.249. The van der Waals surface area contributed by atoms with Gasteiger partial charge in [0.2, 0.25) is 0 Å². The summed E-state index contributed by atoms with van der Waals surface area (Å²) in [6.45, 7) is 4.99. The third-order valence-electron chi connectivity index (χ3n) is 3.19. The van der Waals surface area contributed by atoms with Crippen LogP contribution in [0.4, 0.5) is 19.3 Å². The highest BCUT2D eigenvalue weighted by Gasteiger charge is 2.20. The average Bonchev–Trinajstić information content (AvgIpc) is 2.69. The summed E-state index contributed by atoms with van der Waals surface area (Å²) < 4.78 is 28.0.